The Hall–Kier alpha value is -1.02. The first kappa shape index (κ1) is 5.74. The number of rotatable bonds is 0. The molecular weight excluding hydrogens is 142 g/mol. The predicted molar refractivity (Wildman–Crippen MR) is 43.6 cm³/mol. The summed E-state index contributed by atoms with van der Waals surface area (Å²) in [6.45, 7) is 0. The molecular formula is C8H6NS. The lowest BCUT2D eigenvalue weighted by atomic mass is 10.4. The highest BCUT2D eigenvalue weighted by Crippen LogP contribution is 1.82. The van der Waals surface area contributed by atoms with Gasteiger partial charge in [0.1, 0.15) is 0 Å². The van der Waals surface area contributed by atoms with Crippen LogP contribution in [0.5, 0.6) is 0 Å². The molecule has 1 aliphatic rings. The van der Waals surface area contributed by atoms with Gasteiger partial charge in [0.05, 0.1) is 4.53 Å². The fourth-order valence-corrected chi connectivity index (χ4v) is 1.55. The second-order valence-corrected chi connectivity index (χ2v) is 2.90. The Morgan fingerprint density at radius 2 is 2.50 bits per heavy atom. The Morgan fingerprint density at radius 1 is 1.50 bits per heavy atom. The lowest BCUT2D eigenvalue weighted by molar-refractivity contribution is 1.29. The average Bonchev–Trinajstić information content (AvgIpc) is 2.28. The quantitative estimate of drug-likeness (QED) is 0.553. The van der Waals surface area contributed by atoms with Crippen molar-refractivity contribution in [3.63, 3.8) is 0 Å². The summed E-state index contributed by atoms with van der Waals surface area (Å²) in [5.41, 5.74) is 0. The van der Waals surface area contributed by atoms with E-state index in [4.69, 9.17) is 0 Å². The van der Waals surface area contributed by atoms with E-state index in [0.29, 0.717) is 0 Å². The highest BCUT2D eigenvalue weighted by molar-refractivity contribution is 7.07. The van der Waals surface area contributed by atoms with E-state index in [2.05, 4.69) is 16.8 Å². The van der Waals surface area contributed by atoms with E-state index in [0.717, 1.165) is 0 Å². The third kappa shape index (κ3) is 0.866. The molecule has 1 radical (unpaired) electrons. The minimum Gasteiger partial charge on any atom is -0.366 e. The summed E-state index contributed by atoms with van der Waals surface area (Å²) in [6.07, 6.45) is 7.95. The van der Waals surface area contributed by atoms with Crippen LogP contribution in [-0.2, 0) is 0 Å². The largest absolute Gasteiger partial charge is 0.366 e. The van der Waals surface area contributed by atoms with E-state index >= 15 is 0 Å². The van der Waals surface area contributed by atoms with Crippen molar-refractivity contribution in [1.82, 2.24) is 5.32 Å². The summed E-state index contributed by atoms with van der Waals surface area (Å²) in [7, 11) is 0. The molecule has 0 aromatic carbocycles. The fourth-order valence-electron chi connectivity index (χ4n) is 0.861. The number of hydrogen-bond donors (Lipinski definition) is 1. The topological polar surface area (TPSA) is 12.0 Å². The van der Waals surface area contributed by atoms with Gasteiger partial charge in [-0.15, -0.1) is 11.3 Å². The molecule has 0 spiro atoms. The van der Waals surface area contributed by atoms with Gasteiger partial charge in [-0.05, 0) is 17.4 Å². The Labute approximate surface area is 63.0 Å². The third-order valence-corrected chi connectivity index (χ3v) is 2.16. The zero-order chi connectivity index (χ0) is 6.81. The first-order chi connectivity index (χ1) is 4.97. The molecule has 10 heavy (non-hydrogen) atoms. The van der Waals surface area contributed by atoms with Gasteiger partial charge in [-0.2, -0.15) is 0 Å². The first-order valence-electron chi connectivity index (χ1n) is 3.06. The summed E-state index contributed by atoms with van der Waals surface area (Å²) in [6, 6.07) is 1.99. The summed E-state index contributed by atoms with van der Waals surface area (Å²) in [5.74, 6) is 0. The SMILES string of the molecule is [c]1cc2c(s1)=CNC=CC=2. The van der Waals surface area contributed by atoms with Crippen molar-refractivity contribution in [2.24, 2.45) is 0 Å². The number of hydrogen-bond acceptors (Lipinski definition) is 2. The van der Waals surface area contributed by atoms with Gasteiger partial charge in [0, 0.05) is 17.8 Å². The second kappa shape index (κ2) is 2.31. The number of thiophene rings is 1. The maximum Gasteiger partial charge on any atom is 0.0509 e. The highest BCUT2D eigenvalue weighted by Gasteiger charge is 1.86. The van der Waals surface area contributed by atoms with Crippen LogP contribution in [0.15, 0.2) is 18.3 Å². The molecule has 0 amide bonds. The van der Waals surface area contributed by atoms with Crippen molar-refractivity contribution in [3.8, 4) is 0 Å². The molecule has 0 aliphatic carbocycles. The smallest absolute Gasteiger partial charge is 0.0509 e. The van der Waals surface area contributed by atoms with Crippen LogP contribution in [0.25, 0.3) is 12.3 Å². The van der Waals surface area contributed by atoms with Crippen molar-refractivity contribution in [2.45, 2.75) is 0 Å². The third-order valence-electron chi connectivity index (χ3n) is 1.35. The molecule has 0 fully saturated rings. The van der Waals surface area contributed by atoms with E-state index in [1.807, 2.05) is 24.5 Å². The van der Waals surface area contributed by atoms with Crippen molar-refractivity contribution in [3.05, 3.63) is 33.5 Å². The molecule has 49 valence electrons. The summed E-state index contributed by atoms with van der Waals surface area (Å²) in [5, 5.41) is 7.36. The maximum absolute atomic E-state index is 3.07. The molecule has 2 rings (SSSR count). The zero-order valence-electron chi connectivity index (χ0n) is 5.29. The van der Waals surface area contributed by atoms with Crippen LogP contribution in [0, 0.1) is 5.38 Å². The van der Waals surface area contributed by atoms with Crippen LogP contribution in [-0.4, -0.2) is 0 Å². The molecule has 1 aliphatic heterocycles. The molecule has 1 N–H and O–H groups in total. The van der Waals surface area contributed by atoms with Crippen molar-refractivity contribution < 1.29 is 0 Å². The van der Waals surface area contributed by atoms with Crippen LogP contribution in [0.2, 0.25) is 0 Å². The van der Waals surface area contributed by atoms with E-state index < -0.39 is 0 Å². The summed E-state index contributed by atoms with van der Waals surface area (Å²) < 4.78 is 1.24. The fraction of sp³-hybridized carbons (Fsp3) is 0. The number of fused-ring (bicyclic) bond motifs is 1. The summed E-state index contributed by atoms with van der Waals surface area (Å²) in [4.78, 5) is 0. The Kier molecular flexibility index (Phi) is 1.32. The van der Waals surface area contributed by atoms with Gasteiger partial charge < -0.3 is 5.32 Å². The molecule has 0 unspecified atom stereocenters. The van der Waals surface area contributed by atoms with Gasteiger partial charge in [0.25, 0.3) is 0 Å². The van der Waals surface area contributed by atoms with Crippen molar-refractivity contribution in [1.29, 1.82) is 0 Å². The molecule has 0 atom stereocenters. The van der Waals surface area contributed by atoms with Crippen molar-refractivity contribution >= 4 is 23.6 Å². The Morgan fingerprint density at radius 3 is 3.50 bits per heavy atom. The normalized spacial score (nSPS) is 14.0. The second-order valence-electron chi connectivity index (χ2n) is 2.02. The van der Waals surface area contributed by atoms with Crippen LogP contribution in [0.4, 0.5) is 0 Å². The van der Waals surface area contributed by atoms with E-state index in [9.17, 15) is 0 Å². The standard InChI is InChI=1S/C8H6NS/c1-2-7-3-5-10-8(7)6-9-4-1/h1-4,6,9H. The molecule has 1 aromatic heterocycles. The minimum absolute atomic E-state index is 1.24. The molecule has 2 heteroatoms. The number of allylic oxidation sites excluding steroid dienone is 1. The van der Waals surface area contributed by atoms with Crippen LogP contribution < -0.4 is 15.1 Å². The minimum atomic E-state index is 1.24. The van der Waals surface area contributed by atoms with Crippen LogP contribution >= 0.6 is 11.3 Å². The maximum atomic E-state index is 3.07. The van der Waals surface area contributed by atoms with Gasteiger partial charge in [-0.25, -0.2) is 0 Å². The molecule has 0 saturated heterocycles. The van der Waals surface area contributed by atoms with Gasteiger partial charge in [0.2, 0.25) is 0 Å². The van der Waals surface area contributed by atoms with Crippen molar-refractivity contribution in [2.75, 3.05) is 0 Å². The molecule has 1 aromatic rings. The van der Waals surface area contributed by atoms with E-state index in [1.165, 1.54) is 9.75 Å². The van der Waals surface area contributed by atoms with E-state index in [1.54, 1.807) is 11.3 Å². The Bertz CT molecular complexity index is 359. The average molecular weight is 148 g/mol. The number of nitrogens with one attached hydrogen (secondary N) is 1. The van der Waals surface area contributed by atoms with Gasteiger partial charge in [-0.1, -0.05) is 6.08 Å². The highest BCUT2D eigenvalue weighted by atomic mass is 32.1. The predicted octanol–water partition coefficient (Wildman–Crippen LogP) is 0.184. The molecule has 2 heterocycles. The molecule has 1 nitrogen and oxygen atoms in total. The monoisotopic (exact) mass is 148 g/mol. The Balaban J connectivity index is 2.82. The lowest BCUT2D eigenvalue weighted by Gasteiger charge is -1.80. The van der Waals surface area contributed by atoms with Gasteiger partial charge >= 0.3 is 0 Å². The van der Waals surface area contributed by atoms with Crippen LogP contribution in [0.1, 0.15) is 0 Å². The summed E-state index contributed by atoms with van der Waals surface area (Å²) >= 11 is 1.62. The lowest BCUT2D eigenvalue weighted by Crippen LogP contribution is -2.18. The molecule has 0 saturated carbocycles. The van der Waals surface area contributed by atoms with Gasteiger partial charge in [-0.3, -0.25) is 0 Å². The van der Waals surface area contributed by atoms with E-state index in [-0.39, 0.29) is 0 Å². The van der Waals surface area contributed by atoms with Crippen LogP contribution in [0.3, 0.4) is 0 Å². The molecule has 0 bridgehead atoms. The zero-order valence-corrected chi connectivity index (χ0v) is 6.11. The first-order valence-corrected chi connectivity index (χ1v) is 3.87. The van der Waals surface area contributed by atoms with Gasteiger partial charge in [0.15, 0.2) is 0 Å².